The largest absolute Gasteiger partial charge is 1.00 e. The van der Waals surface area contributed by atoms with E-state index < -0.39 is 0 Å². The van der Waals surface area contributed by atoms with Crippen LogP contribution in [-0.4, -0.2) is 20.7 Å². The standard InChI is InChI=1S/C2H7N.C2H5O.Li/c1-3-2;1-2-3;/h3H,1-2H3;2H2,1H3;/q;-1;+1. The van der Waals surface area contributed by atoms with Crippen LogP contribution in [0.3, 0.4) is 0 Å². The van der Waals surface area contributed by atoms with E-state index in [1.54, 1.807) is 6.92 Å². The first kappa shape index (κ1) is 15.6. The second-order valence-electron chi connectivity index (χ2n) is 0.789. The zero-order chi connectivity index (χ0) is 5.41. The van der Waals surface area contributed by atoms with Crippen LogP contribution >= 0.6 is 0 Å². The summed E-state index contributed by atoms with van der Waals surface area (Å²) in [6.45, 7) is 1.57. The molecule has 0 aliphatic heterocycles. The normalized spacial score (nSPS) is 5.14. The van der Waals surface area contributed by atoms with Gasteiger partial charge in [0.1, 0.15) is 0 Å². The van der Waals surface area contributed by atoms with Gasteiger partial charge in [-0.1, -0.05) is 6.92 Å². The first-order chi connectivity index (χ1) is 2.83. The second-order valence-corrected chi connectivity index (χ2v) is 0.789. The summed E-state index contributed by atoms with van der Waals surface area (Å²) in [7, 11) is 3.75. The molecule has 0 aliphatic rings. The van der Waals surface area contributed by atoms with Crippen LogP contribution in [0.1, 0.15) is 6.92 Å². The Labute approximate surface area is 57.5 Å². The molecule has 0 unspecified atom stereocenters. The van der Waals surface area contributed by atoms with Crippen molar-refractivity contribution in [3.63, 3.8) is 0 Å². The molecule has 0 bridgehead atoms. The Morgan fingerprint density at radius 2 is 1.43 bits per heavy atom. The minimum Gasteiger partial charge on any atom is -0.855 e. The van der Waals surface area contributed by atoms with Gasteiger partial charge >= 0.3 is 18.9 Å². The van der Waals surface area contributed by atoms with E-state index in [-0.39, 0.29) is 25.5 Å². The summed E-state index contributed by atoms with van der Waals surface area (Å²) in [5.41, 5.74) is 0. The molecule has 0 atom stereocenters. The summed E-state index contributed by atoms with van der Waals surface area (Å²) in [6, 6.07) is 0. The Balaban J connectivity index is -0.0000000400. The van der Waals surface area contributed by atoms with Crippen LogP contribution < -0.4 is 29.3 Å². The van der Waals surface area contributed by atoms with Gasteiger partial charge in [-0.25, -0.2) is 0 Å². The molecular formula is C4H12LiNO. The van der Waals surface area contributed by atoms with Crippen molar-refractivity contribution in [1.29, 1.82) is 0 Å². The predicted octanol–water partition coefficient (Wildman–Crippen LogP) is -3.79. The van der Waals surface area contributed by atoms with Gasteiger partial charge in [-0.15, -0.1) is 6.61 Å². The number of hydrogen-bond acceptors (Lipinski definition) is 2. The molecule has 0 radical (unpaired) electrons. The van der Waals surface area contributed by atoms with Gasteiger partial charge in [-0.2, -0.15) is 0 Å². The van der Waals surface area contributed by atoms with Crippen molar-refractivity contribution >= 4 is 0 Å². The first-order valence-corrected chi connectivity index (χ1v) is 2.00. The van der Waals surface area contributed by atoms with Crippen LogP contribution in [0.15, 0.2) is 0 Å². The van der Waals surface area contributed by atoms with Crippen LogP contribution in [0.4, 0.5) is 0 Å². The molecule has 0 rings (SSSR count). The quantitative estimate of drug-likeness (QED) is 0.315. The molecule has 0 heterocycles. The summed E-state index contributed by atoms with van der Waals surface area (Å²) in [4.78, 5) is 0. The first-order valence-electron chi connectivity index (χ1n) is 2.00. The molecule has 0 saturated carbocycles. The minimum absolute atomic E-state index is 0. The third-order valence-electron chi connectivity index (χ3n) is 0. The zero-order valence-corrected chi connectivity index (χ0v) is 5.62. The van der Waals surface area contributed by atoms with E-state index in [1.165, 1.54) is 0 Å². The maximum absolute atomic E-state index is 8.93. The van der Waals surface area contributed by atoms with E-state index in [0.29, 0.717) is 0 Å². The fourth-order valence-electron chi connectivity index (χ4n) is 0. The van der Waals surface area contributed by atoms with Crippen LogP contribution in [0, 0.1) is 0 Å². The SMILES string of the molecule is CC[O-].CNC.[Li+]. The van der Waals surface area contributed by atoms with Crippen molar-refractivity contribution < 1.29 is 24.0 Å². The van der Waals surface area contributed by atoms with Crippen LogP contribution in [-0.2, 0) is 0 Å². The maximum Gasteiger partial charge on any atom is 1.00 e. The van der Waals surface area contributed by atoms with Crippen molar-refractivity contribution in [2.24, 2.45) is 0 Å². The van der Waals surface area contributed by atoms with Crippen molar-refractivity contribution in [2.45, 2.75) is 6.92 Å². The van der Waals surface area contributed by atoms with Crippen molar-refractivity contribution in [3.05, 3.63) is 0 Å². The van der Waals surface area contributed by atoms with Gasteiger partial charge in [0.2, 0.25) is 0 Å². The zero-order valence-electron chi connectivity index (χ0n) is 5.62. The molecule has 0 aromatic rings. The second kappa shape index (κ2) is 31.3. The summed E-state index contributed by atoms with van der Waals surface area (Å²) < 4.78 is 0. The number of hydrogen-bond donors (Lipinski definition) is 1. The fourth-order valence-corrected chi connectivity index (χ4v) is 0. The Kier molecular flexibility index (Phi) is 70.0. The Morgan fingerprint density at radius 3 is 1.43 bits per heavy atom. The minimum atomic E-state index is 0. The molecule has 0 amide bonds. The predicted molar refractivity (Wildman–Crippen MR) is 25.5 cm³/mol. The fraction of sp³-hybridized carbons (Fsp3) is 1.00. The molecule has 2 nitrogen and oxygen atoms in total. The van der Waals surface area contributed by atoms with Crippen molar-refractivity contribution in [1.82, 2.24) is 5.32 Å². The smallest absolute Gasteiger partial charge is 0.855 e. The molecule has 0 aromatic carbocycles. The number of rotatable bonds is 0. The third kappa shape index (κ3) is 497. The third-order valence-corrected chi connectivity index (χ3v) is 0. The Bertz CT molecular complexity index is 13.7. The van der Waals surface area contributed by atoms with Crippen LogP contribution in [0.2, 0.25) is 0 Å². The monoisotopic (exact) mass is 97.1 g/mol. The van der Waals surface area contributed by atoms with E-state index in [4.69, 9.17) is 5.11 Å². The van der Waals surface area contributed by atoms with Gasteiger partial charge in [0.15, 0.2) is 0 Å². The summed E-state index contributed by atoms with van der Waals surface area (Å²) >= 11 is 0. The number of nitrogens with one attached hydrogen (secondary N) is 1. The van der Waals surface area contributed by atoms with Crippen molar-refractivity contribution in [3.8, 4) is 0 Å². The molecule has 0 saturated heterocycles. The molecule has 7 heavy (non-hydrogen) atoms. The summed E-state index contributed by atoms with van der Waals surface area (Å²) in [5, 5.41) is 11.7. The molecule has 0 aromatic heterocycles. The van der Waals surface area contributed by atoms with Gasteiger partial charge in [0.25, 0.3) is 0 Å². The summed E-state index contributed by atoms with van der Waals surface area (Å²) in [6.07, 6.45) is 0. The van der Waals surface area contributed by atoms with Gasteiger partial charge in [-0.05, 0) is 14.1 Å². The summed E-state index contributed by atoms with van der Waals surface area (Å²) in [5.74, 6) is 0. The molecule has 1 N–H and O–H groups in total. The average molecular weight is 97.1 g/mol. The molecule has 3 heteroatoms. The topological polar surface area (TPSA) is 35.1 Å². The molecular weight excluding hydrogens is 85.0 g/mol. The van der Waals surface area contributed by atoms with Crippen molar-refractivity contribution in [2.75, 3.05) is 20.7 Å². The van der Waals surface area contributed by atoms with E-state index in [9.17, 15) is 0 Å². The van der Waals surface area contributed by atoms with Gasteiger partial charge in [0.05, 0.1) is 0 Å². The molecule has 0 spiro atoms. The molecule has 0 fully saturated rings. The van der Waals surface area contributed by atoms with Gasteiger partial charge in [-0.3, -0.25) is 0 Å². The van der Waals surface area contributed by atoms with Crippen LogP contribution in [0.25, 0.3) is 0 Å². The molecule has 40 valence electrons. The Morgan fingerprint density at radius 1 is 1.43 bits per heavy atom. The Hall–Kier alpha value is 0.517. The van der Waals surface area contributed by atoms with Gasteiger partial charge in [0, 0.05) is 0 Å². The average Bonchev–Trinajstić information content (AvgIpc) is 1.39. The van der Waals surface area contributed by atoms with E-state index in [0.717, 1.165) is 0 Å². The van der Waals surface area contributed by atoms with E-state index in [2.05, 4.69) is 5.32 Å². The van der Waals surface area contributed by atoms with Crippen LogP contribution in [0.5, 0.6) is 0 Å². The van der Waals surface area contributed by atoms with E-state index in [1.807, 2.05) is 14.1 Å². The van der Waals surface area contributed by atoms with E-state index >= 15 is 0 Å². The van der Waals surface area contributed by atoms with Gasteiger partial charge < -0.3 is 10.4 Å². The molecule has 0 aliphatic carbocycles. The maximum atomic E-state index is 8.93.